The smallest absolute Gasteiger partial charge is 0.317 e. The number of carbonyl (C=O) groups excluding carboxylic acids is 1. The second-order valence-corrected chi connectivity index (χ2v) is 6.26. The maximum atomic E-state index is 12.4. The number of amides is 2. The van der Waals surface area contributed by atoms with Gasteiger partial charge in [-0.2, -0.15) is 0 Å². The Labute approximate surface area is 134 Å². The van der Waals surface area contributed by atoms with Crippen LogP contribution in [0.4, 0.5) is 4.79 Å². The molecule has 0 saturated heterocycles. The van der Waals surface area contributed by atoms with Gasteiger partial charge in [-0.15, -0.1) is 0 Å². The van der Waals surface area contributed by atoms with Gasteiger partial charge in [0.15, 0.2) is 0 Å². The molecule has 22 heavy (non-hydrogen) atoms. The van der Waals surface area contributed by atoms with Gasteiger partial charge in [0.05, 0.1) is 26.4 Å². The van der Waals surface area contributed by atoms with Crippen LogP contribution in [0.3, 0.4) is 0 Å². The van der Waals surface area contributed by atoms with Gasteiger partial charge in [-0.05, 0) is 25.2 Å². The first-order chi connectivity index (χ1) is 10.6. The molecule has 1 atom stereocenters. The van der Waals surface area contributed by atoms with E-state index in [9.17, 15) is 4.79 Å². The van der Waals surface area contributed by atoms with E-state index in [4.69, 9.17) is 14.6 Å². The van der Waals surface area contributed by atoms with Crippen molar-refractivity contribution in [3.63, 3.8) is 0 Å². The van der Waals surface area contributed by atoms with Crippen molar-refractivity contribution < 1.29 is 19.4 Å². The first-order valence-electron chi connectivity index (χ1n) is 8.32. The Morgan fingerprint density at radius 1 is 1.36 bits per heavy atom. The van der Waals surface area contributed by atoms with Crippen LogP contribution in [0.1, 0.15) is 33.1 Å². The van der Waals surface area contributed by atoms with Gasteiger partial charge in [-0.3, -0.25) is 0 Å². The van der Waals surface area contributed by atoms with Crippen LogP contribution in [0.2, 0.25) is 0 Å². The van der Waals surface area contributed by atoms with Gasteiger partial charge >= 0.3 is 6.03 Å². The Bertz CT molecular complexity index is 309. The third-order valence-electron chi connectivity index (χ3n) is 4.33. The second-order valence-electron chi connectivity index (χ2n) is 6.26. The van der Waals surface area contributed by atoms with E-state index < -0.39 is 0 Å². The average molecular weight is 316 g/mol. The molecule has 2 N–H and O–H groups in total. The molecular formula is C16H32N2O4. The molecule has 0 radical (unpaired) electrons. The predicted octanol–water partition coefficient (Wildman–Crippen LogP) is 1.48. The molecule has 6 nitrogen and oxygen atoms in total. The number of hydrogen-bond donors (Lipinski definition) is 2. The van der Waals surface area contributed by atoms with Gasteiger partial charge < -0.3 is 24.8 Å². The lowest BCUT2D eigenvalue weighted by atomic mass is 9.91. The van der Waals surface area contributed by atoms with Crippen molar-refractivity contribution in [2.75, 3.05) is 46.6 Å². The lowest BCUT2D eigenvalue weighted by molar-refractivity contribution is 0.0603. The molecule has 0 spiro atoms. The molecule has 2 amide bonds. The third kappa shape index (κ3) is 6.50. The van der Waals surface area contributed by atoms with Crippen LogP contribution >= 0.6 is 0 Å². The molecule has 1 aliphatic carbocycles. The summed E-state index contributed by atoms with van der Waals surface area (Å²) >= 11 is 0. The van der Waals surface area contributed by atoms with E-state index in [1.165, 1.54) is 6.42 Å². The monoisotopic (exact) mass is 316 g/mol. The molecule has 0 heterocycles. The number of urea groups is 1. The Hall–Kier alpha value is -0.850. The Kier molecular flexibility index (Phi) is 9.43. The van der Waals surface area contributed by atoms with Crippen LogP contribution in [-0.4, -0.2) is 68.7 Å². The molecule has 0 aromatic rings. The average Bonchev–Trinajstić information content (AvgIpc) is 2.44. The number of nitrogens with zero attached hydrogens (tertiary/aromatic N) is 1. The standard InChI is InChI=1S/C16H32N2O4/c1-13(2)14(12-21-3)11-17-16(20)18(15-5-4-6-15)7-9-22-10-8-19/h13-15,19H,4-12H2,1-3H3,(H,17,20). The van der Waals surface area contributed by atoms with E-state index in [2.05, 4.69) is 19.2 Å². The lowest BCUT2D eigenvalue weighted by Crippen LogP contribution is -2.51. The van der Waals surface area contributed by atoms with E-state index in [1.807, 2.05) is 4.90 Å². The van der Waals surface area contributed by atoms with Crippen molar-refractivity contribution in [3.8, 4) is 0 Å². The van der Waals surface area contributed by atoms with Crippen LogP contribution < -0.4 is 5.32 Å². The molecule has 1 saturated carbocycles. The Morgan fingerprint density at radius 2 is 2.09 bits per heavy atom. The SMILES string of the molecule is COCC(CNC(=O)N(CCOCCO)C1CCC1)C(C)C. The number of nitrogens with one attached hydrogen (secondary N) is 1. The molecule has 130 valence electrons. The fourth-order valence-corrected chi connectivity index (χ4v) is 2.50. The van der Waals surface area contributed by atoms with Gasteiger partial charge in [0, 0.05) is 32.2 Å². The summed E-state index contributed by atoms with van der Waals surface area (Å²) in [4.78, 5) is 14.3. The first kappa shape index (κ1) is 19.2. The minimum atomic E-state index is -0.0148. The van der Waals surface area contributed by atoms with Crippen molar-refractivity contribution in [1.82, 2.24) is 10.2 Å². The van der Waals surface area contributed by atoms with Crippen LogP contribution in [0, 0.1) is 11.8 Å². The third-order valence-corrected chi connectivity index (χ3v) is 4.33. The molecule has 1 fully saturated rings. The second kappa shape index (κ2) is 10.8. The molecule has 1 rings (SSSR count). The lowest BCUT2D eigenvalue weighted by Gasteiger charge is -2.37. The first-order valence-corrected chi connectivity index (χ1v) is 8.32. The zero-order chi connectivity index (χ0) is 16.4. The summed E-state index contributed by atoms with van der Waals surface area (Å²) in [6, 6.07) is 0.316. The molecule has 0 aromatic heterocycles. The topological polar surface area (TPSA) is 71.0 Å². The van der Waals surface area contributed by atoms with Gasteiger partial charge in [0.1, 0.15) is 0 Å². The molecule has 0 aliphatic heterocycles. The van der Waals surface area contributed by atoms with Crippen molar-refractivity contribution in [2.24, 2.45) is 11.8 Å². The summed E-state index contributed by atoms with van der Waals surface area (Å²) in [5, 5.41) is 11.8. The summed E-state index contributed by atoms with van der Waals surface area (Å²) in [6.07, 6.45) is 3.32. The van der Waals surface area contributed by atoms with E-state index in [-0.39, 0.29) is 12.6 Å². The van der Waals surface area contributed by atoms with Crippen LogP contribution in [0.25, 0.3) is 0 Å². The van der Waals surface area contributed by atoms with Crippen molar-refractivity contribution in [1.29, 1.82) is 0 Å². The van der Waals surface area contributed by atoms with Crippen LogP contribution in [-0.2, 0) is 9.47 Å². The molecule has 1 aliphatic rings. The van der Waals surface area contributed by atoms with Crippen molar-refractivity contribution in [3.05, 3.63) is 0 Å². The molecule has 0 aromatic carbocycles. The number of aliphatic hydroxyl groups is 1. The van der Waals surface area contributed by atoms with E-state index >= 15 is 0 Å². The van der Waals surface area contributed by atoms with Crippen LogP contribution in [0.5, 0.6) is 0 Å². The van der Waals surface area contributed by atoms with Gasteiger partial charge in [-0.1, -0.05) is 13.8 Å². The zero-order valence-corrected chi connectivity index (χ0v) is 14.2. The normalized spacial score (nSPS) is 16.4. The number of ether oxygens (including phenoxy) is 2. The van der Waals surface area contributed by atoms with Crippen LogP contribution in [0.15, 0.2) is 0 Å². The largest absolute Gasteiger partial charge is 0.394 e. The number of carbonyl (C=O) groups is 1. The van der Waals surface area contributed by atoms with E-state index in [0.29, 0.717) is 50.8 Å². The van der Waals surface area contributed by atoms with E-state index in [0.717, 1.165) is 12.8 Å². The number of rotatable bonds is 11. The Balaban J connectivity index is 2.41. The quantitative estimate of drug-likeness (QED) is 0.566. The minimum absolute atomic E-state index is 0.0148. The molecule has 6 heteroatoms. The summed E-state index contributed by atoms with van der Waals surface area (Å²) in [5.74, 6) is 0.785. The molecular weight excluding hydrogens is 284 g/mol. The highest BCUT2D eigenvalue weighted by Crippen LogP contribution is 2.24. The highest BCUT2D eigenvalue weighted by atomic mass is 16.5. The Morgan fingerprint density at radius 3 is 2.59 bits per heavy atom. The van der Waals surface area contributed by atoms with Crippen molar-refractivity contribution >= 4 is 6.03 Å². The van der Waals surface area contributed by atoms with Gasteiger partial charge in [0.25, 0.3) is 0 Å². The number of aliphatic hydroxyl groups excluding tert-OH is 1. The van der Waals surface area contributed by atoms with Crippen molar-refractivity contribution in [2.45, 2.75) is 39.2 Å². The zero-order valence-electron chi connectivity index (χ0n) is 14.2. The fourth-order valence-electron chi connectivity index (χ4n) is 2.50. The number of hydrogen-bond acceptors (Lipinski definition) is 4. The molecule has 0 bridgehead atoms. The molecule has 1 unspecified atom stereocenters. The maximum absolute atomic E-state index is 12.4. The fraction of sp³-hybridized carbons (Fsp3) is 0.938. The highest BCUT2D eigenvalue weighted by Gasteiger charge is 2.28. The van der Waals surface area contributed by atoms with Gasteiger partial charge in [0.2, 0.25) is 0 Å². The number of methoxy groups -OCH3 is 1. The van der Waals surface area contributed by atoms with Gasteiger partial charge in [-0.25, -0.2) is 4.79 Å². The summed E-state index contributed by atoms with van der Waals surface area (Å²) < 4.78 is 10.5. The highest BCUT2D eigenvalue weighted by molar-refractivity contribution is 5.74. The predicted molar refractivity (Wildman–Crippen MR) is 85.9 cm³/mol. The summed E-state index contributed by atoms with van der Waals surface area (Å²) in [5.41, 5.74) is 0. The minimum Gasteiger partial charge on any atom is -0.394 e. The summed E-state index contributed by atoms with van der Waals surface area (Å²) in [6.45, 7) is 6.95. The maximum Gasteiger partial charge on any atom is 0.317 e. The summed E-state index contributed by atoms with van der Waals surface area (Å²) in [7, 11) is 1.69. The van der Waals surface area contributed by atoms with E-state index in [1.54, 1.807) is 7.11 Å².